The Morgan fingerprint density at radius 2 is 2.14 bits per heavy atom. The molecule has 0 saturated carbocycles. The van der Waals surface area contributed by atoms with Crippen LogP contribution in [0.2, 0.25) is 0 Å². The lowest BCUT2D eigenvalue weighted by Gasteiger charge is -2.34. The first-order valence-corrected chi connectivity index (χ1v) is 7.28. The Morgan fingerprint density at radius 3 is 2.67 bits per heavy atom. The zero-order valence-corrected chi connectivity index (χ0v) is 13.0. The minimum absolute atomic E-state index is 0.104. The van der Waals surface area contributed by atoms with Gasteiger partial charge >= 0.3 is 6.03 Å². The zero-order chi connectivity index (χ0) is 15.2. The Kier molecular flexibility index (Phi) is 5.38. The molecule has 0 aliphatic carbocycles. The Hall–Kier alpha value is -1.82. The summed E-state index contributed by atoms with van der Waals surface area (Å²) in [6.45, 7) is 2.42. The summed E-state index contributed by atoms with van der Waals surface area (Å²) in [5.41, 5.74) is 1.14. The van der Waals surface area contributed by atoms with E-state index in [9.17, 15) is 4.79 Å². The summed E-state index contributed by atoms with van der Waals surface area (Å²) in [6, 6.07) is 4.45. The van der Waals surface area contributed by atoms with Gasteiger partial charge in [0.25, 0.3) is 0 Å². The SMILES string of the molecule is COc1ccc(CNC2CCN(C(=O)N(C)C)CC2)cn1. The van der Waals surface area contributed by atoms with Crippen molar-refractivity contribution in [3.63, 3.8) is 0 Å². The molecule has 6 nitrogen and oxygen atoms in total. The van der Waals surface area contributed by atoms with Crippen molar-refractivity contribution in [3.8, 4) is 5.88 Å². The van der Waals surface area contributed by atoms with E-state index in [1.165, 1.54) is 0 Å². The molecule has 116 valence electrons. The second-order valence-corrected chi connectivity index (χ2v) is 5.53. The highest BCUT2D eigenvalue weighted by atomic mass is 16.5. The number of likely N-dealkylation sites (tertiary alicyclic amines) is 1. The quantitative estimate of drug-likeness (QED) is 0.909. The zero-order valence-electron chi connectivity index (χ0n) is 13.0. The van der Waals surface area contributed by atoms with Crippen LogP contribution < -0.4 is 10.1 Å². The molecule has 1 saturated heterocycles. The molecule has 2 heterocycles. The monoisotopic (exact) mass is 292 g/mol. The highest BCUT2D eigenvalue weighted by molar-refractivity contribution is 5.73. The van der Waals surface area contributed by atoms with Crippen molar-refractivity contribution in [2.45, 2.75) is 25.4 Å². The molecule has 6 heteroatoms. The van der Waals surface area contributed by atoms with E-state index < -0.39 is 0 Å². The third kappa shape index (κ3) is 4.32. The van der Waals surface area contributed by atoms with Gasteiger partial charge in [-0.1, -0.05) is 6.07 Å². The van der Waals surface area contributed by atoms with E-state index in [1.54, 1.807) is 26.1 Å². The molecule has 0 atom stereocenters. The summed E-state index contributed by atoms with van der Waals surface area (Å²) in [5.74, 6) is 0.634. The molecule has 1 aromatic rings. The molecule has 21 heavy (non-hydrogen) atoms. The molecule has 2 rings (SSSR count). The maximum Gasteiger partial charge on any atom is 0.319 e. The van der Waals surface area contributed by atoms with E-state index in [4.69, 9.17) is 4.74 Å². The maximum atomic E-state index is 11.9. The van der Waals surface area contributed by atoms with Crippen molar-refractivity contribution < 1.29 is 9.53 Å². The number of carbonyl (C=O) groups excluding carboxylic acids is 1. The molecule has 1 N–H and O–H groups in total. The first kappa shape index (κ1) is 15.6. The van der Waals surface area contributed by atoms with Gasteiger partial charge in [0, 0.05) is 52.0 Å². The van der Waals surface area contributed by atoms with Gasteiger partial charge < -0.3 is 19.9 Å². The number of carbonyl (C=O) groups is 1. The predicted molar refractivity (Wildman–Crippen MR) is 81.3 cm³/mol. The smallest absolute Gasteiger partial charge is 0.319 e. The third-order valence-corrected chi connectivity index (χ3v) is 3.75. The summed E-state index contributed by atoms with van der Waals surface area (Å²) < 4.78 is 5.04. The topological polar surface area (TPSA) is 57.7 Å². The van der Waals surface area contributed by atoms with E-state index in [1.807, 2.05) is 23.2 Å². The number of nitrogens with one attached hydrogen (secondary N) is 1. The molecule has 1 aromatic heterocycles. The molecule has 0 bridgehead atoms. The first-order chi connectivity index (χ1) is 10.1. The lowest BCUT2D eigenvalue weighted by molar-refractivity contribution is 0.152. The number of hydrogen-bond acceptors (Lipinski definition) is 4. The third-order valence-electron chi connectivity index (χ3n) is 3.75. The lowest BCUT2D eigenvalue weighted by atomic mass is 10.0. The number of amides is 2. The summed E-state index contributed by atoms with van der Waals surface area (Å²) in [7, 11) is 5.20. The van der Waals surface area contributed by atoms with Crippen LogP contribution in [-0.2, 0) is 6.54 Å². The Bertz CT molecular complexity index is 453. The summed E-state index contributed by atoms with van der Waals surface area (Å²) >= 11 is 0. The van der Waals surface area contributed by atoms with Crippen molar-refractivity contribution in [3.05, 3.63) is 23.9 Å². The second kappa shape index (κ2) is 7.26. The number of rotatable bonds is 4. The number of aromatic nitrogens is 1. The molecule has 1 aliphatic heterocycles. The fourth-order valence-corrected chi connectivity index (χ4v) is 2.46. The van der Waals surface area contributed by atoms with Crippen molar-refractivity contribution in [1.29, 1.82) is 0 Å². The van der Waals surface area contributed by atoms with Crippen LogP contribution >= 0.6 is 0 Å². The number of piperidine rings is 1. The molecule has 1 fully saturated rings. The second-order valence-electron chi connectivity index (χ2n) is 5.53. The van der Waals surface area contributed by atoms with Crippen molar-refractivity contribution in [1.82, 2.24) is 20.1 Å². The molecule has 0 aromatic carbocycles. The number of hydrogen-bond donors (Lipinski definition) is 1. The molecule has 0 spiro atoms. The highest BCUT2D eigenvalue weighted by Crippen LogP contribution is 2.13. The summed E-state index contributed by atoms with van der Waals surface area (Å²) in [5, 5.41) is 3.53. The van der Waals surface area contributed by atoms with E-state index in [-0.39, 0.29) is 6.03 Å². The predicted octanol–water partition coefficient (Wildman–Crippen LogP) is 1.33. The van der Waals surface area contributed by atoms with Crippen molar-refractivity contribution >= 4 is 6.03 Å². The van der Waals surface area contributed by atoms with E-state index in [2.05, 4.69) is 10.3 Å². The van der Waals surface area contributed by atoms with Gasteiger partial charge in [-0.2, -0.15) is 0 Å². The maximum absolute atomic E-state index is 11.9. The number of methoxy groups -OCH3 is 1. The summed E-state index contributed by atoms with van der Waals surface area (Å²) in [6.07, 6.45) is 3.81. The van der Waals surface area contributed by atoms with Gasteiger partial charge in [0.2, 0.25) is 5.88 Å². The van der Waals surface area contributed by atoms with Crippen LogP contribution in [0, 0.1) is 0 Å². The fourth-order valence-electron chi connectivity index (χ4n) is 2.46. The van der Waals surface area contributed by atoms with Gasteiger partial charge in [-0.05, 0) is 18.4 Å². The molecule has 2 amide bonds. The van der Waals surface area contributed by atoms with Crippen LogP contribution in [0.1, 0.15) is 18.4 Å². The van der Waals surface area contributed by atoms with Gasteiger partial charge in [0.1, 0.15) is 0 Å². The van der Waals surface area contributed by atoms with Gasteiger partial charge in [-0.25, -0.2) is 9.78 Å². The van der Waals surface area contributed by atoms with Crippen LogP contribution in [0.15, 0.2) is 18.3 Å². The van der Waals surface area contributed by atoms with Crippen LogP contribution in [0.5, 0.6) is 5.88 Å². The van der Waals surface area contributed by atoms with Crippen LogP contribution in [0.3, 0.4) is 0 Å². The number of ether oxygens (including phenoxy) is 1. The van der Waals surface area contributed by atoms with Gasteiger partial charge in [-0.15, -0.1) is 0 Å². The fraction of sp³-hybridized carbons (Fsp3) is 0.600. The molecular weight excluding hydrogens is 268 g/mol. The minimum atomic E-state index is 0.104. The van der Waals surface area contributed by atoms with Crippen LogP contribution in [-0.4, -0.2) is 61.2 Å². The summed E-state index contributed by atoms with van der Waals surface area (Å²) in [4.78, 5) is 19.6. The van der Waals surface area contributed by atoms with Gasteiger partial charge in [-0.3, -0.25) is 0 Å². The molecule has 0 radical (unpaired) electrons. The molecule has 1 aliphatic rings. The normalized spacial score (nSPS) is 15.9. The van der Waals surface area contributed by atoms with E-state index in [0.717, 1.165) is 38.0 Å². The number of pyridine rings is 1. The average molecular weight is 292 g/mol. The standard InChI is InChI=1S/C15H24N4O2/c1-18(2)15(20)19-8-6-13(7-9-19)16-10-12-4-5-14(21-3)17-11-12/h4-5,11,13,16H,6-10H2,1-3H3. The van der Waals surface area contributed by atoms with E-state index >= 15 is 0 Å². The van der Waals surface area contributed by atoms with Crippen LogP contribution in [0.25, 0.3) is 0 Å². The van der Waals surface area contributed by atoms with Crippen molar-refractivity contribution in [2.75, 3.05) is 34.3 Å². The molecule has 0 unspecified atom stereocenters. The number of urea groups is 1. The Morgan fingerprint density at radius 1 is 1.43 bits per heavy atom. The van der Waals surface area contributed by atoms with E-state index in [0.29, 0.717) is 11.9 Å². The first-order valence-electron chi connectivity index (χ1n) is 7.28. The van der Waals surface area contributed by atoms with Gasteiger partial charge in [0.05, 0.1) is 7.11 Å². The molecular formula is C15H24N4O2. The Labute approximate surface area is 126 Å². The van der Waals surface area contributed by atoms with Gasteiger partial charge in [0.15, 0.2) is 0 Å². The largest absolute Gasteiger partial charge is 0.481 e. The van der Waals surface area contributed by atoms with Crippen molar-refractivity contribution in [2.24, 2.45) is 0 Å². The Balaban J connectivity index is 1.74. The number of nitrogens with zero attached hydrogens (tertiary/aromatic N) is 3. The highest BCUT2D eigenvalue weighted by Gasteiger charge is 2.23. The minimum Gasteiger partial charge on any atom is -0.481 e. The van der Waals surface area contributed by atoms with Crippen LogP contribution in [0.4, 0.5) is 4.79 Å². The lowest BCUT2D eigenvalue weighted by Crippen LogP contribution is -2.47. The average Bonchev–Trinajstić information content (AvgIpc) is 2.53.